The predicted octanol–water partition coefficient (Wildman–Crippen LogP) is 3.61. The van der Waals surface area contributed by atoms with Crippen molar-refractivity contribution in [1.82, 2.24) is 0 Å². The lowest BCUT2D eigenvalue weighted by Crippen LogP contribution is -2.42. The molecule has 1 aromatic rings. The van der Waals surface area contributed by atoms with Crippen molar-refractivity contribution in [2.45, 2.75) is 33.6 Å². The zero-order valence-electron chi connectivity index (χ0n) is 11.9. The first-order valence-corrected chi connectivity index (χ1v) is 7.03. The average molecular weight is 299 g/mol. The Morgan fingerprint density at radius 3 is 2.20 bits per heavy atom. The molecule has 0 amide bonds. The van der Waals surface area contributed by atoms with Crippen molar-refractivity contribution in [3.8, 4) is 5.75 Å². The monoisotopic (exact) mass is 298 g/mol. The quantitative estimate of drug-likeness (QED) is 0.457. The third-order valence-electron chi connectivity index (χ3n) is 3.30. The van der Waals surface area contributed by atoms with Gasteiger partial charge in [0, 0.05) is 0 Å². The van der Waals surface area contributed by atoms with Crippen LogP contribution < -0.4 is 4.74 Å². The van der Waals surface area contributed by atoms with E-state index in [1.165, 1.54) is 0 Å². The van der Waals surface area contributed by atoms with Crippen molar-refractivity contribution in [2.75, 3.05) is 6.61 Å². The van der Waals surface area contributed by atoms with E-state index in [0.717, 1.165) is 0 Å². The van der Waals surface area contributed by atoms with Gasteiger partial charge in [-0.2, -0.15) is 0 Å². The first kappa shape index (κ1) is 16.5. The summed E-state index contributed by atoms with van der Waals surface area (Å²) < 4.78 is 10.3. The summed E-state index contributed by atoms with van der Waals surface area (Å²) >= 11 is 5.95. The third kappa shape index (κ3) is 3.31. The van der Waals surface area contributed by atoms with Crippen molar-refractivity contribution in [1.29, 1.82) is 0 Å². The van der Waals surface area contributed by atoms with Gasteiger partial charge in [-0.05, 0) is 31.9 Å². The van der Waals surface area contributed by atoms with Crippen molar-refractivity contribution in [2.24, 2.45) is 5.41 Å². The van der Waals surface area contributed by atoms with Crippen LogP contribution in [0.15, 0.2) is 24.3 Å². The maximum Gasteiger partial charge on any atom is 0.328 e. The van der Waals surface area contributed by atoms with E-state index < -0.39 is 17.4 Å². The van der Waals surface area contributed by atoms with Gasteiger partial charge in [0.2, 0.25) is 0 Å². The van der Waals surface area contributed by atoms with Gasteiger partial charge in [-0.25, -0.2) is 0 Å². The molecule has 4 nitrogen and oxygen atoms in total. The standard InChI is InChI=1S/C15H19ClO4/c1-4-15(5-2,13(17)19-6-3)14(18)20-12-10-8-7-9-11(12)16/h7-10H,4-6H2,1-3H3. The summed E-state index contributed by atoms with van der Waals surface area (Å²) in [6.45, 7) is 5.44. The molecule has 1 rings (SSSR count). The van der Waals surface area contributed by atoms with Crippen LogP contribution in [0.5, 0.6) is 5.75 Å². The Labute approximate surface area is 124 Å². The van der Waals surface area contributed by atoms with Gasteiger partial charge in [-0.1, -0.05) is 37.6 Å². The molecule has 0 aromatic heterocycles. The summed E-state index contributed by atoms with van der Waals surface area (Å²) in [6.07, 6.45) is 0.622. The molecular formula is C15H19ClO4. The maximum atomic E-state index is 12.4. The molecule has 5 heteroatoms. The van der Waals surface area contributed by atoms with Crippen LogP contribution in [0, 0.1) is 5.41 Å². The fraction of sp³-hybridized carbons (Fsp3) is 0.467. The molecule has 0 saturated heterocycles. The van der Waals surface area contributed by atoms with Gasteiger partial charge in [0.25, 0.3) is 0 Å². The van der Waals surface area contributed by atoms with Gasteiger partial charge in [0.05, 0.1) is 11.6 Å². The number of hydrogen-bond acceptors (Lipinski definition) is 4. The maximum absolute atomic E-state index is 12.4. The molecule has 0 aliphatic heterocycles. The second-order valence-electron chi connectivity index (χ2n) is 4.33. The average Bonchev–Trinajstić information content (AvgIpc) is 2.44. The highest BCUT2D eigenvalue weighted by atomic mass is 35.5. The van der Waals surface area contributed by atoms with Crippen LogP contribution in [0.3, 0.4) is 0 Å². The summed E-state index contributed by atoms with van der Waals surface area (Å²) in [6, 6.07) is 6.64. The first-order valence-electron chi connectivity index (χ1n) is 6.65. The Kier molecular flexibility index (Phi) is 6.02. The molecule has 0 N–H and O–H groups in total. The molecule has 110 valence electrons. The lowest BCUT2D eigenvalue weighted by atomic mass is 9.82. The fourth-order valence-corrected chi connectivity index (χ4v) is 2.08. The van der Waals surface area contributed by atoms with E-state index in [9.17, 15) is 9.59 Å². The summed E-state index contributed by atoms with van der Waals surface area (Å²) in [7, 11) is 0. The van der Waals surface area contributed by atoms with Gasteiger partial charge < -0.3 is 9.47 Å². The molecular weight excluding hydrogens is 280 g/mol. The van der Waals surface area contributed by atoms with Crippen LogP contribution in [0.4, 0.5) is 0 Å². The van der Waals surface area contributed by atoms with Crippen LogP contribution in [0.2, 0.25) is 5.02 Å². The molecule has 1 aromatic carbocycles. The smallest absolute Gasteiger partial charge is 0.328 e. The van der Waals surface area contributed by atoms with E-state index >= 15 is 0 Å². The molecule has 0 atom stereocenters. The van der Waals surface area contributed by atoms with Crippen molar-refractivity contribution >= 4 is 23.5 Å². The number of ether oxygens (including phenoxy) is 2. The van der Waals surface area contributed by atoms with E-state index in [1.54, 1.807) is 45.0 Å². The van der Waals surface area contributed by atoms with Crippen LogP contribution in [-0.4, -0.2) is 18.5 Å². The highest BCUT2D eigenvalue weighted by molar-refractivity contribution is 6.32. The number of para-hydroxylation sites is 1. The Morgan fingerprint density at radius 1 is 1.10 bits per heavy atom. The van der Waals surface area contributed by atoms with Crippen LogP contribution in [0.25, 0.3) is 0 Å². The van der Waals surface area contributed by atoms with Crippen molar-refractivity contribution < 1.29 is 19.1 Å². The minimum absolute atomic E-state index is 0.222. The molecule has 0 saturated carbocycles. The molecule has 0 unspecified atom stereocenters. The number of halogens is 1. The molecule has 0 aliphatic rings. The number of hydrogen-bond donors (Lipinski definition) is 0. The SMILES string of the molecule is CCOC(=O)C(CC)(CC)C(=O)Oc1ccccc1Cl. The van der Waals surface area contributed by atoms with Gasteiger partial charge in [-0.15, -0.1) is 0 Å². The largest absolute Gasteiger partial charge is 0.465 e. The predicted molar refractivity (Wildman–Crippen MR) is 76.7 cm³/mol. The number of esters is 2. The molecule has 0 heterocycles. The van der Waals surface area contributed by atoms with Crippen molar-refractivity contribution in [3.05, 3.63) is 29.3 Å². The highest BCUT2D eigenvalue weighted by Gasteiger charge is 2.46. The minimum atomic E-state index is -1.28. The minimum Gasteiger partial charge on any atom is -0.465 e. The zero-order chi connectivity index (χ0) is 15.2. The van der Waals surface area contributed by atoms with Crippen LogP contribution in [-0.2, 0) is 14.3 Å². The molecule has 0 spiro atoms. The summed E-state index contributed by atoms with van der Waals surface area (Å²) in [4.78, 5) is 24.5. The second kappa shape index (κ2) is 7.29. The van der Waals surface area contributed by atoms with Crippen LogP contribution in [0.1, 0.15) is 33.6 Å². The van der Waals surface area contributed by atoms with E-state index in [0.29, 0.717) is 17.9 Å². The third-order valence-corrected chi connectivity index (χ3v) is 3.62. The number of carbonyl (C=O) groups excluding carboxylic acids is 2. The molecule has 0 aliphatic carbocycles. The summed E-state index contributed by atoms with van der Waals surface area (Å²) in [5.41, 5.74) is -1.28. The number of carbonyl (C=O) groups is 2. The Bertz CT molecular complexity index is 481. The van der Waals surface area contributed by atoms with E-state index in [1.807, 2.05) is 0 Å². The zero-order valence-corrected chi connectivity index (χ0v) is 12.7. The number of rotatable bonds is 6. The van der Waals surface area contributed by atoms with Crippen molar-refractivity contribution in [3.63, 3.8) is 0 Å². The lowest BCUT2D eigenvalue weighted by Gasteiger charge is -2.26. The topological polar surface area (TPSA) is 52.6 Å². The van der Waals surface area contributed by atoms with E-state index in [-0.39, 0.29) is 12.4 Å². The Hall–Kier alpha value is -1.55. The lowest BCUT2D eigenvalue weighted by molar-refractivity contribution is -0.167. The van der Waals surface area contributed by atoms with E-state index in [4.69, 9.17) is 21.1 Å². The highest BCUT2D eigenvalue weighted by Crippen LogP contribution is 2.32. The van der Waals surface area contributed by atoms with Gasteiger partial charge >= 0.3 is 11.9 Å². The van der Waals surface area contributed by atoms with Gasteiger partial charge in [0.1, 0.15) is 5.75 Å². The number of benzene rings is 1. The van der Waals surface area contributed by atoms with Gasteiger partial charge in [-0.3, -0.25) is 9.59 Å². The molecule has 0 radical (unpaired) electrons. The van der Waals surface area contributed by atoms with E-state index in [2.05, 4.69) is 0 Å². The molecule has 20 heavy (non-hydrogen) atoms. The summed E-state index contributed by atoms with van der Waals surface area (Å²) in [5.74, 6) is -0.939. The summed E-state index contributed by atoms with van der Waals surface area (Å²) in [5, 5.41) is 0.325. The Morgan fingerprint density at radius 2 is 1.70 bits per heavy atom. The Balaban J connectivity index is 3.01. The molecule has 0 bridgehead atoms. The van der Waals surface area contributed by atoms with Gasteiger partial charge in [0.15, 0.2) is 5.41 Å². The van der Waals surface area contributed by atoms with Crippen LogP contribution >= 0.6 is 11.6 Å². The normalized spacial score (nSPS) is 11.0. The fourth-order valence-electron chi connectivity index (χ4n) is 1.90. The second-order valence-corrected chi connectivity index (χ2v) is 4.74. The first-order chi connectivity index (χ1) is 9.51. The molecule has 0 fully saturated rings.